The molecule has 110 valence electrons. The second-order valence-corrected chi connectivity index (χ2v) is 4.61. The zero-order chi connectivity index (χ0) is 14.8. The summed E-state index contributed by atoms with van der Waals surface area (Å²) in [7, 11) is 0. The lowest BCUT2D eigenvalue weighted by Crippen LogP contribution is -2.09. The Morgan fingerprint density at radius 1 is 1.30 bits per heavy atom. The summed E-state index contributed by atoms with van der Waals surface area (Å²) in [5, 5.41) is 8.75. The zero-order valence-electron chi connectivity index (χ0n) is 11.6. The van der Waals surface area contributed by atoms with E-state index in [0.29, 0.717) is 32.0 Å². The maximum atomic E-state index is 10.7. The number of hydrogen-bond donors (Lipinski definition) is 1. The number of aromatic carboxylic acids is 1. The summed E-state index contributed by atoms with van der Waals surface area (Å²) in [6.45, 7) is 3.63. The van der Waals surface area contributed by atoms with E-state index in [2.05, 4.69) is 0 Å². The van der Waals surface area contributed by atoms with Crippen molar-refractivity contribution in [3.05, 3.63) is 29.8 Å². The highest BCUT2D eigenvalue weighted by Gasteiger charge is 2.03. The van der Waals surface area contributed by atoms with Crippen LogP contribution >= 0.6 is 0 Å². The van der Waals surface area contributed by atoms with Crippen molar-refractivity contribution in [3.63, 3.8) is 0 Å². The highest BCUT2D eigenvalue weighted by Crippen LogP contribution is 2.12. The minimum Gasteiger partial charge on any atom is -0.494 e. The van der Waals surface area contributed by atoms with Crippen molar-refractivity contribution in [2.75, 3.05) is 19.8 Å². The molecule has 1 rings (SSSR count). The number of benzene rings is 1. The van der Waals surface area contributed by atoms with E-state index in [1.165, 1.54) is 12.1 Å². The van der Waals surface area contributed by atoms with Gasteiger partial charge in [-0.05, 0) is 30.2 Å². The molecule has 0 aromatic heterocycles. The largest absolute Gasteiger partial charge is 0.494 e. The number of ether oxygens (including phenoxy) is 2. The van der Waals surface area contributed by atoms with Crippen molar-refractivity contribution in [2.45, 2.75) is 19.8 Å². The minimum absolute atomic E-state index is 0.241. The van der Waals surface area contributed by atoms with Gasteiger partial charge in [-0.3, -0.25) is 0 Å². The third-order valence-corrected chi connectivity index (χ3v) is 2.70. The number of carbonyl (C=O) groups is 2. The fourth-order valence-electron chi connectivity index (χ4n) is 1.56. The molecule has 0 spiro atoms. The summed E-state index contributed by atoms with van der Waals surface area (Å²) in [6, 6.07) is 6.29. The van der Waals surface area contributed by atoms with Gasteiger partial charge in [0.2, 0.25) is 0 Å². The first kappa shape index (κ1) is 16.2. The van der Waals surface area contributed by atoms with Crippen molar-refractivity contribution >= 4 is 12.3 Å². The average Bonchev–Trinajstić information content (AvgIpc) is 2.43. The Hall–Kier alpha value is -1.88. The van der Waals surface area contributed by atoms with Crippen LogP contribution in [0, 0.1) is 5.92 Å². The van der Waals surface area contributed by atoms with Gasteiger partial charge in [-0.25, -0.2) is 4.79 Å². The summed E-state index contributed by atoms with van der Waals surface area (Å²) in [6.07, 6.45) is 2.17. The van der Waals surface area contributed by atoms with Gasteiger partial charge < -0.3 is 19.4 Å². The van der Waals surface area contributed by atoms with Gasteiger partial charge in [0.25, 0.3) is 0 Å². The quantitative estimate of drug-likeness (QED) is 0.526. The van der Waals surface area contributed by atoms with Crippen LogP contribution in [0.5, 0.6) is 5.75 Å². The van der Waals surface area contributed by atoms with Crippen LogP contribution in [0.3, 0.4) is 0 Å². The molecule has 0 aliphatic rings. The second-order valence-electron chi connectivity index (χ2n) is 4.61. The van der Waals surface area contributed by atoms with E-state index in [9.17, 15) is 9.59 Å². The molecule has 1 aromatic carbocycles. The first-order valence-electron chi connectivity index (χ1n) is 6.61. The van der Waals surface area contributed by atoms with Gasteiger partial charge in [0.15, 0.2) is 0 Å². The van der Waals surface area contributed by atoms with Crippen LogP contribution in [0.4, 0.5) is 0 Å². The van der Waals surface area contributed by atoms with E-state index in [4.69, 9.17) is 14.6 Å². The van der Waals surface area contributed by atoms with E-state index in [0.717, 1.165) is 12.7 Å². The molecule has 1 atom stereocenters. The maximum Gasteiger partial charge on any atom is 0.335 e. The smallest absolute Gasteiger partial charge is 0.335 e. The van der Waals surface area contributed by atoms with E-state index >= 15 is 0 Å². The lowest BCUT2D eigenvalue weighted by atomic mass is 10.1. The number of aldehydes is 1. The van der Waals surface area contributed by atoms with Crippen LogP contribution in [0.15, 0.2) is 24.3 Å². The molecule has 0 saturated carbocycles. The molecule has 0 heterocycles. The highest BCUT2D eigenvalue weighted by atomic mass is 16.5. The highest BCUT2D eigenvalue weighted by molar-refractivity contribution is 5.87. The summed E-state index contributed by atoms with van der Waals surface area (Å²) in [5.41, 5.74) is 0.241. The van der Waals surface area contributed by atoms with Crippen LogP contribution in [0.2, 0.25) is 0 Å². The van der Waals surface area contributed by atoms with Crippen LogP contribution in [-0.4, -0.2) is 37.2 Å². The summed E-state index contributed by atoms with van der Waals surface area (Å²) < 4.78 is 10.9. The Bertz CT molecular complexity index is 413. The summed E-state index contributed by atoms with van der Waals surface area (Å²) >= 11 is 0. The standard InChI is InChI=1S/C15H20O5/c1-12(7-8-16)11-19-9-2-10-20-14-5-3-13(4-6-14)15(17)18/h3-6,8,12H,2,7,9-11H2,1H3,(H,17,18). The van der Waals surface area contributed by atoms with Crippen molar-refractivity contribution in [3.8, 4) is 5.75 Å². The van der Waals surface area contributed by atoms with Gasteiger partial charge in [0.1, 0.15) is 12.0 Å². The van der Waals surface area contributed by atoms with Crippen LogP contribution < -0.4 is 4.74 Å². The molecule has 0 radical (unpaired) electrons. The second kappa shape index (κ2) is 9.09. The van der Waals surface area contributed by atoms with Crippen LogP contribution in [0.25, 0.3) is 0 Å². The average molecular weight is 280 g/mol. The predicted octanol–water partition coefficient (Wildman–Crippen LogP) is 2.40. The Morgan fingerprint density at radius 2 is 2.00 bits per heavy atom. The molecule has 0 saturated heterocycles. The Kier molecular flexibility index (Phi) is 7.35. The van der Waals surface area contributed by atoms with Crippen molar-refractivity contribution in [2.24, 2.45) is 5.92 Å². The number of carbonyl (C=O) groups excluding carboxylic acids is 1. The van der Waals surface area contributed by atoms with Gasteiger partial charge in [-0.1, -0.05) is 6.92 Å². The topological polar surface area (TPSA) is 72.8 Å². The predicted molar refractivity (Wildman–Crippen MR) is 74.2 cm³/mol. The SMILES string of the molecule is CC(CC=O)COCCCOc1ccc(C(=O)O)cc1. The van der Waals surface area contributed by atoms with E-state index in [1.54, 1.807) is 12.1 Å². The van der Waals surface area contributed by atoms with Crippen LogP contribution in [-0.2, 0) is 9.53 Å². The summed E-state index contributed by atoms with van der Waals surface area (Å²) in [5.74, 6) is -0.0595. The molecular formula is C15H20O5. The fraction of sp³-hybridized carbons (Fsp3) is 0.467. The number of rotatable bonds is 10. The molecule has 1 unspecified atom stereocenters. The van der Waals surface area contributed by atoms with Gasteiger partial charge in [-0.2, -0.15) is 0 Å². The van der Waals surface area contributed by atoms with Crippen molar-refractivity contribution in [1.82, 2.24) is 0 Å². The van der Waals surface area contributed by atoms with E-state index in [-0.39, 0.29) is 11.5 Å². The normalized spacial score (nSPS) is 11.8. The maximum absolute atomic E-state index is 10.7. The molecule has 0 aliphatic carbocycles. The molecule has 5 heteroatoms. The summed E-state index contributed by atoms with van der Waals surface area (Å²) in [4.78, 5) is 20.9. The molecule has 1 N–H and O–H groups in total. The third-order valence-electron chi connectivity index (χ3n) is 2.70. The third kappa shape index (κ3) is 6.33. The number of hydrogen-bond acceptors (Lipinski definition) is 4. The molecule has 20 heavy (non-hydrogen) atoms. The van der Waals surface area contributed by atoms with Crippen LogP contribution in [0.1, 0.15) is 30.1 Å². The van der Waals surface area contributed by atoms with Gasteiger partial charge in [0, 0.05) is 26.1 Å². The number of carboxylic acid groups (broad SMARTS) is 1. The molecule has 0 amide bonds. The first-order valence-corrected chi connectivity index (χ1v) is 6.61. The first-order chi connectivity index (χ1) is 9.63. The van der Waals surface area contributed by atoms with Gasteiger partial charge in [-0.15, -0.1) is 0 Å². The van der Waals surface area contributed by atoms with Crippen molar-refractivity contribution < 1.29 is 24.2 Å². The van der Waals surface area contributed by atoms with E-state index in [1.807, 2.05) is 6.92 Å². The minimum atomic E-state index is -0.950. The Morgan fingerprint density at radius 3 is 2.60 bits per heavy atom. The lowest BCUT2D eigenvalue weighted by molar-refractivity contribution is -0.109. The molecule has 0 bridgehead atoms. The zero-order valence-corrected chi connectivity index (χ0v) is 11.6. The monoisotopic (exact) mass is 280 g/mol. The molecule has 5 nitrogen and oxygen atoms in total. The number of carboxylic acids is 1. The molecular weight excluding hydrogens is 260 g/mol. The van der Waals surface area contributed by atoms with Gasteiger partial charge in [0.05, 0.1) is 12.2 Å². The molecule has 0 fully saturated rings. The fourth-order valence-corrected chi connectivity index (χ4v) is 1.56. The van der Waals surface area contributed by atoms with Gasteiger partial charge >= 0.3 is 5.97 Å². The van der Waals surface area contributed by atoms with E-state index < -0.39 is 5.97 Å². The Balaban J connectivity index is 2.12. The molecule has 1 aromatic rings. The Labute approximate surface area is 118 Å². The molecule has 0 aliphatic heterocycles. The van der Waals surface area contributed by atoms with Crippen molar-refractivity contribution in [1.29, 1.82) is 0 Å². The lowest BCUT2D eigenvalue weighted by Gasteiger charge is -2.09.